The van der Waals surface area contributed by atoms with E-state index in [1.807, 2.05) is 0 Å². The summed E-state index contributed by atoms with van der Waals surface area (Å²) in [6.07, 6.45) is 1.50. The fourth-order valence-corrected chi connectivity index (χ4v) is 3.10. The van der Waals surface area contributed by atoms with Gasteiger partial charge in [0.2, 0.25) is 17.7 Å². The van der Waals surface area contributed by atoms with E-state index in [0.717, 1.165) is 12.8 Å². The Morgan fingerprint density at radius 2 is 2.10 bits per heavy atom. The van der Waals surface area contributed by atoms with Crippen LogP contribution in [0.25, 0.3) is 10.9 Å². The molecule has 1 aliphatic rings. The van der Waals surface area contributed by atoms with Crippen LogP contribution in [-0.2, 0) is 11.3 Å². The number of pyridine rings is 2. The Bertz CT molecular complexity index is 1100. The number of rotatable bonds is 8. The number of carbonyl (C=O) groups is 1. The minimum absolute atomic E-state index is 0.0736. The highest BCUT2D eigenvalue weighted by molar-refractivity contribution is 5.99. The number of hydrogen-bond donors (Lipinski definition) is 1. The van der Waals surface area contributed by atoms with Crippen LogP contribution in [0, 0.1) is 5.92 Å². The number of carbonyl (C=O) groups excluding carboxylic acids is 1. The molecule has 0 aromatic carbocycles. The fourth-order valence-electron chi connectivity index (χ4n) is 3.10. The first-order valence-corrected chi connectivity index (χ1v) is 9.66. The van der Waals surface area contributed by atoms with Gasteiger partial charge in [-0.2, -0.15) is 23.3 Å². The molecule has 11 heteroatoms. The van der Waals surface area contributed by atoms with Gasteiger partial charge in [-0.1, -0.05) is 0 Å². The third-order valence-corrected chi connectivity index (χ3v) is 4.73. The van der Waals surface area contributed by atoms with Gasteiger partial charge in [0.25, 0.3) is 0 Å². The Kier molecular flexibility index (Phi) is 5.66. The van der Waals surface area contributed by atoms with Crippen LogP contribution in [0.1, 0.15) is 24.8 Å². The standard InChI is InChI=1S/C20H20F3N5O3/c1-30-19-13(4-5-17(26-19)31-11-20(21,22)23)9-28-10-14-15(27-28)6-7-24-18(14)25-16(29)8-12-2-3-12/h4-7,10,12H,2-3,8-9,11H2,1H3,(H,24,25,29). The number of alkyl halides is 3. The molecule has 3 heterocycles. The number of anilines is 1. The molecule has 3 aromatic heterocycles. The van der Waals surface area contributed by atoms with E-state index < -0.39 is 12.8 Å². The van der Waals surface area contributed by atoms with E-state index in [9.17, 15) is 18.0 Å². The van der Waals surface area contributed by atoms with Crippen molar-refractivity contribution >= 4 is 22.6 Å². The minimum Gasteiger partial charge on any atom is -0.481 e. The smallest absolute Gasteiger partial charge is 0.422 e. The molecular formula is C20H20F3N5O3. The van der Waals surface area contributed by atoms with Crippen molar-refractivity contribution < 1.29 is 27.4 Å². The maximum absolute atomic E-state index is 12.3. The van der Waals surface area contributed by atoms with Crippen LogP contribution >= 0.6 is 0 Å². The van der Waals surface area contributed by atoms with Crippen LogP contribution in [0.4, 0.5) is 19.0 Å². The first-order chi connectivity index (χ1) is 14.8. The number of methoxy groups -OCH3 is 1. The largest absolute Gasteiger partial charge is 0.481 e. The number of halogens is 3. The average molecular weight is 435 g/mol. The van der Waals surface area contributed by atoms with Gasteiger partial charge in [-0.05, 0) is 30.9 Å². The molecule has 0 aliphatic heterocycles. The topological polar surface area (TPSA) is 91.2 Å². The molecular weight excluding hydrogens is 415 g/mol. The van der Waals surface area contributed by atoms with Gasteiger partial charge in [-0.3, -0.25) is 9.48 Å². The summed E-state index contributed by atoms with van der Waals surface area (Å²) in [5.41, 5.74) is 1.25. The molecule has 0 unspecified atom stereocenters. The van der Waals surface area contributed by atoms with Gasteiger partial charge in [-0.15, -0.1) is 0 Å². The highest BCUT2D eigenvalue weighted by Gasteiger charge is 2.29. The first-order valence-electron chi connectivity index (χ1n) is 9.66. The summed E-state index contributed by atoms with van der Waals surface area (Å²) in [6.45, 7) is -1.19. The summed E-state index contributed by atoms with van der Waals surface area (Å²) in [6, 6.07) is 4.64. The van der Waals surface area contributed by atoms with Gasteiger partial charge >= 0.3 is 6.18 Å². The summed E-state index contributed by atoms with van der Waals surface area (Å²) >= 11 is 0. The molecule has 1 aliphatic carbocycles. The lowest BCUT2D eigenvalue weighted by Gasteiger charge is -2.11. The highest BCUT2D eigenvalue weighted by Crippen LogP contribution is 2.33. The highest BCUT2D eigenvalue weighted by atomic mass is 19.4. The zero-order valence-corrected chi connectivity index (χ0v) is 16.6. The molecule has 1 N–H and O–H groups in total. The van der Waals surface area contributed by atoms with Gasteiger partial charge in [0.1, 0.15) is 5.82 Å². The summed E-state index contributed by atoms with van der Waals surface area (Å²) in [5.74, 6) is 0.777. The molecule has 4 rings (SSSR count). The Morgan fingerprint density at radius 1 is 1.29 bits per heavy atom. The lowest BCUT2D eigenvalue weighted by molar-refractivity contribution is -0.154. The van der Waals surface area contributed by atoms with Crippen LogP contribution in [0.15, 0.2) is 30.6 Å². The zero-order valence-electron chi connectivity index (χ0n) is 16.6. The third kappa shape index (κ3) is 5.41. The monoisotopic (exact) mass is 435 g/mol. The Hall–Kier alpha value is -3.37. The van der Waals surface area contributed by atoms with E-state index in [0.29, 0.717) is 34.6 Å². The maximum atomic E-state index is 12.3. The van der Waals surface area contributed by atoms with Crippen molar-refractivity contribution in [1.82, 2.24) is 19.7 Å². The molecule has 0 radical (unpaired) electrons. The van der Waals surface area contributed by atoms with E-state index in [4.69, 9.17) is 4.74 Å². The predicted octanol–water partition coefficient (Wildman–Crippen LogP) is 3.56. The number of nitrogens with zero attached hydrogens (tertiary/aromatic N) is 4. The molecule has 1 saturated carbocycles. The molecule has 31 heavy (non-hydrogen) atoms. The molecule has 0 bridgehead atoms. The van der Waals surface area contributed by atoms with Gasteiger partial charge in [0.15, 0.2) is 6.61 Å². The van der Waals surface area contributed by atoms with Crippen molar-refractivity contribution in [2.75, 3.05) is 19.0 Å². The minimum atomic E-state index is -4.46. The number of fused-ring (bicyclic) bond motifs is 1. The van der Waals surface area contributed by atoms with Crippen LogP contribution in [0.2, 0.25) is 0 Å². The Morgan fingerprint density at radius 3 is 2.81 bits per heavy atom. The second-order valence-electron chi connectivity index (χ2n) is 7.34. The van der Waals surface area contributed by atoms with E-state index in [1.54, 1.807) is 29.2 Å². The summed E-state index contributed by atoms with van der Waals surface area (Å²) in [4.78, 5) is 20.4. The molecule has 0 saturated heterocycles. The molecule has 3 aromatic rings. The van der Waals surface area contributed by atoms with Gasteiger partial charge in [0.05, 0.1) is 24.6 Å². The van der Waals surface area contributed by atoms with Crippen molar-refractivity contribution in [3.63, 3.8) is 0 Å². The Labute approximate surface area is 175 Å². The first kappa shape index (κ1) is 20.9. The van der Waals surface area contributed by atoms with E-state index >= 15 is 0 Å². The molecule has 1 amide bonds. The number of nitrogens with one attached hydrogen (secondary N) is 1. The molecule has 1 fully saturated rings. The summed E-state index contributed by atoms with van der Waals surface area (Å²) < 4.78 is 48.5. The van der Waals surface area contributed by atoms with Crippen LogP contribution in [0.3, 0.4) is 0 Å². The zero-order chi connectivity index (χ0) is 22.0. The number of aromatic nitrogens is 4. The summed E-state index contributed by atoms with van der Waals surface area (Å²) in [7, 11) is 1.37. The molecule has 0 spiro atoms. The van der Waals surface area contributed by atoms with E-state index in [-0.39, 0.29) is 24.2 Å². The third-order valence-electron chi connectivity index (χ3n) is 4.73. The normalized spacial score (nSPS) is 13.9. The molecule has 0 atom stereocenters. The van der Waals surface area contributed by atoms with Crippen molar-refractivity contribution in [1.29, 1.82) is 0 Å². The predicted molar refractivity (Wildman–Crippen MR) is 105 cm³/mol. The molecule has 8 nitrogen and oxygen atoms in total. The number of ether oxygens (including phenoxy) is 2. The average Bonchev–Trinajstić information content (AvgIpc) is 3.42. The van der Waals surface area contributed by atoms with Gasteiger partial charge in [0, 0.05) is 30.4 Å². The van der Waals surface area contributed by atoms with Gasteiger partial charge < -0.3 is 14.8 Å². The Balaban J connectivity index is 1.51. The second kappa shape index (κ2) is 8.40. The van der Waals surface area contributed by atoms with Crippen LogP contribution < -0.4 is 14.8 Å². The van der Waals surface area contributed by atoms with Crippen LogP contribution in [0.5, 0.6) is 11.8 Å². The maximum Gasteiger partial charge on any atom is 0.422 e. The SMILES string of the molecule is COc1nc(OCC(F)(F)F)ccc1Cn1cc2c(NC(=O)CC3CC3)nccc2n1. The van der Waals surface area contributed by atoms with Crippen molar-refractivity contribution in [3.8, 4) is 11.8 Å². The quantitative estimate of drug-likeness (QED) is 0.582. The number of hydrogen-bond acceptors (Lipinski definition) is 6. The lowest BCUT2D eigenvalue weighted by Crippen LogP contribution is -2.19. The van der Waals surface area contributed by atoms with Crippen LogP contribution in [-0.4, -0.2) is 45.5 Å². The second-order valence-corrected chi connectivity index (χ2v) is 7.34. The van der Waals surface area contributed by atoms with E-state index in [1.165, 1.54) is 13.2 Å². The lowest BCUT2D eigenvalue weighted by atomic mass is 10.2. The fraction of sp³-hybridized carbons (Fsp3) is 0.400. The van der Waals surface area contributed by atoms with Crippen molar-refractivity contribution in [3.05, 3.63) is 36.2 Å². The van der Waals surface area contributed by atoms with Gasteiger partial charge in [-0.25, -0.2) is 4.98 Å². The number of amides is 1. The molecule has 164 valence electrons. The van der Waals surface area contributed by atoms with Crippen molar-refractivity contribution in [2.24, 2.45) is 5.92 Å². The summed E-state index contributed by atoms with van der Waals surface area (Å²) in [5, 5.41) is 8.00. The van der Waals surface area contributed by atoms with E-state index in [2.05, 4.69) is 25.1 Å². The van der Waals surface area contributed by atoms with Crippen molar-refractivity contribution in [2.45, 2.75) is 32.0 Å².